The van der Waals surface area contributed by atoms with Gasteiger partial charge in [-0.2, -0.15) is 5.10 Å². The van der Waals surface area contributed by atoms with E-state index in [-0.39, 0.29) is 5.56 Å². The summed E-state index contributed by atoms with van der Waals surface area (Å²) < 4.78 is 6.75. The van der Waals surface area contributed by atoms with E-state index in [1.165, 1.54) is 0 Å². The predicted octanol–water partition coefficient (Wildman–Crippen LogP) is 3.26. The van der Waals surface area contributed by atoms with Gasteiger partial charge in [-0.05, 0) is 48.4 Å². The average molecular weight is 336 g/mol. The third-order valence-electron chi connectivity index (χ3n) is 3.80. The van der Waals surface area contributed by atoms with Crippen LogP contribution in [0.5, 0.6) is 5.75 Å². The van der Waals surface area contributed by atoms with Crippen molar-refractivity contribution in [1.82, 2.24) is 9.55 Å². The number of fused-ring (bicyclic) bond motifs is 1. The van der Waals surface area contributed by atoms with Gasteiger partial charge in [-0.1, -0.05) is 19.1 Å². The van der Waals surface area contributed by atoms with Crippen LogP contribution in [-0.4, -0.2) is 22.9 Å². The topological polar surface area (TPSA) is 68.5 Å². The van der Waals surface area contributed by atoms with Gasteiger partial charge in [0.25, 0.3) is 5.56 Å². The van der Waals surface area contributed by atoms with Crippen molar-refractivity contribution in [3.63, 3.8) is 0 Å². The molecule has 0 bridgehead atoms. The zero-order valence-electron chi connectivity index (χ0n) is 14.3. The Morgan fingerprint density at radius 1 is 1.20 bits per heavy atom. The number of nitrogens with one attached hydrogen (secondary N) is 1. The van der Waals surface area contributed by atoms with E-state index < -0.39 is 0 Å². The molecule has 128 valence electrons. The monoisotopic (exact) mass is 336 g/mol. The summed E-state index contributed by atoms with van der Waals surface area (Å²) in [5, 5.41) is 4.83. The van der Waals surface area contributed by atoms with Gasteiger partial charge in [-0.15, -0.1) is 0 Å². The first-order valence-corrected chi connectivity index (χ1v) is 8.15. The molecule has 0 fully saturated rings. The van der Waals surface area contributed by atoms with Crippen LogP contribution in [0.15, 0.2) is 58.4 Å². The van der Waals surface area contributed by atoms with Crippen LogP contribution < -0.4 is 15.7 Å². The molecule has 0 saturated heterocycles. The fourth-order valence-corrected chi connectivity index (χ4v) is 2.54. The Balaban J connectivity index is 1.90. The molecule has 0 radical (unpaired) electrons. The van der Waals surface area contributed by atoms with Crippen LogP contribution in [0, 0.1) is 0 Å². The van der Waals surface area contributed by atoms with Gasteiger partial charge in [0.1, 0.15) is 5.75 Å². The molecular formula is C19H20N4O2. The summed E-state index contributed by atoms with van der Waals surface area (Å²) in [4.78, 5) is 17.2. The van der Waals surface area contributed by atoms with Gasteiger partial charge >= 0.3 is 0 Å². The zero-order valence-corrected chi connectivity index (χ0v) is 14.3. The molecule has 0 spiro atoms. The first-order valence-electron chi connectivity index (χ1n) is 8.15. The summed E-state index contributed by atoms with van der Waals surface area (Å²) in [6.07, 6.45) is 2.51. The summed E-state index contributed by atoms with van der Waals surface area (Å²) in [5.74, 6) is 1.23. The minimum atomic E-state index is -0.0606. The van der Waals surface area contributed by atoms with E-state index in [2.05, 4.69) is 15.5 Å². The lowest BCUT2D eigenvalue weighted by atomic mass is 10.2. The quantitative estimate of drug-likeness (QED) is 0.554. The van der Waals surface area contributed by atoms with Crippen molar-refractivity contribution in [3.05, 3.63) is 64.4 Å². The third kappa shape index (κ3) is 3.68. The van der Waals surface area contributed by atoms with Gasteiger partial charge in [0, 0.05) is 6.54 Å². The minimum Gasteiger partial charge on any atom is -0.497 e. The van der Waals surface area contributed by atoms with Crippen LogP contribution in [0.1, 0.15) is 18.9 Å². The van der Waals surface area contributed by atoms with Gasteiger partial charge in [0.05, 0.1) is 24.2 Å². The van der Waals surface area contributed by atoms with E-state index in [1.807, 2.05) is 49.4 Å². The van der Waals surface area contributed by atoms with E-state index in [0.29, 0.717) is 23.4 Å². The Morgan fingerprint density at radius 2 is 1.96 bits per heavy atom. The first-order chi connectivity index (χ1) is 12.2. The first kappa shape index (κ1) is 16.7. The van der Waals surface area contributed by atoms with Crippen LogP contribution in [0.3, 0.4) is 0 Å². The second-order valence-corrected chi connectivity index (χ2v) is 5.55. The van der Waals surface area contributed by atoms with Crippen LogP contribution >= 0.6 is 0 Å². The lowest BCUT2D eigenvalue weighted by Gasteiger charge is -2.11. The second kappa shape index (κ2) is 7.61. The summed E-state index contributed by atoms with van der Waals surface area (Å²) >= 11 is 0. The smallest absolute Gasteiger partial charge is 0.262 e. The molecule has 25 heavy (non-hydrogen) atoms. The van der Waals surface area contributed by atoms with Gasteiger partial charge in [-0.25, -0.2) is 10.4 Å². The number of nitrogens with zero attached hydrogens (tertiary/aromatic N) is 3. The molecule has 1 heterocycles. The highest BCUT2D eigenvalue weighted by Crippen LogP contribution is 2.12. The number of ether oxygens (including phenoxy) is 1. The number of methoxy groups -OCH3 is 1. The molecule has 0 amide bonds. The van der Waals surface area contributed by atoms with Gasteiger partial charge < -0.3 is 4.74 Å². The number of hydrazone groups is 1. The van der Waals surface area contributed by atoms with Gasteiger partial charge in [0.15, 0.2) is 0 Å². The Labute approximate surface area is 145 Å². The Hall–Kier alpha value is -3.15. The largest absolute Gasteiger partial charge is 0.497 e. The SMILES string of the molecule is CCCn1c(N/N=C\c2ccc(OC)cc2)nc2ccccc2c1=O. The minimum absolute atomic E-state index is 0.0606. The number of rotatable bonds is 6. The highest BCUT2D eigenvalue weighted by Gasteiger charge is 2.09. The van der Waals surface area contributed by atoms with Crippen LogP contribution in [0.2, 0.25) is 0 Å². The number of hydrogen-bond acceptors (Lipinski definition) is 5. The molecule has 2 aromatic carbocycles. The van der Waals surface area contributed by atoms with Gasteiger partial charge in [-0.3, -0.25) is 9.36 Å². The van der Waals surface area contributed by atoms with Crippen molar-refractivity contribution in [3.8, 4) is 5.75 Å². The maximum Gasteiger partial charge on any atom is 0.262 e. The standard InChI is InChI=1S/C19H20N4O2/c1-3-12-23-18(24)16-6-4-5-7-17(16)21-19(23)22-20-13-14-8-10-15(25-2)11-9-14/h4-11,13H,3,12H2,1-2H3,(H,21,22)/b20-13-. The Morgan fingerprint density at radius 3 is 2.68 bits per heavy atom. The highest BCUT2D eigenvalue weighted by atomic mass is 16.5. The molecule has 0 aliphatic rings. The normalized spacial score (nSPS) is 11.1. The lowest BCUT2D eigenvalue weighted by Crippen LogP contribution is -2.24. The number of benzene rings is 2. The van der Waals surface area contributed by atoms with Crippen molar-refractivity contribution in [2.24, 2.45) is 5.10 Å². The van der Waals surface area contributed by atoms with Gasteiger partial charge in [0.2, 0.25) is 5.95 Å². The molecule has 0 unspecified atom stereocenters. The number of aromatic nitrogens is 2. The van der Waals surface area contributed by atoms with E-state index in [4.69, 9.17) is 4.74 Å². The Bertz CT molecular complexity index is 946. The molecular weight excluding hydrogens is 316 g/mol. The summed E-state index contributed by atoms with van der Waals surface area (Å²) in [6, 6.07) is 14.9. The summed E-state index contributed by atoms with van der Waals surface area (Å²) in [6.45, 7) is 2.60. The number of anilines is 1. The van der Waals surface area contributed by atoms with Crippen LogP contribution in [-0.2, 0) is 6.54 Å². The molecule has 1 N–H and O–H groups in total. The lowest BCUT2D eigenvalue weighted by molar-refractivity contribution is 0.415. The zero-order chi connectivity index (χ0) is 17.6. The average Bonchev–Trinajstić information content (AvgIpc) is 2.65. The van der Waals surface area contributed by atoms with Crippen LogP contribution in [0.25, 0.3) is 10.9 Å². The number of hydrogen-bond donors (Lipinski definition) is 1. The van der Waals surface area contributed by atoms with E-state index in [1.54, 1.807) is 24.0 Å². The molecule has 3 rings (SSSR count). The fourth-order valence-electron chi connectivity index (χ4n) is 2.54. The van der Waals surface area contributed by atoms with E-state index in [9.17, 15) is 4.79 Å². The van der Waals surface area contributed by atoms with Crippen molar-refractivity contribution in [2.45, 2.75) is 19.9 Å². The van der Waals surface area contributed by atoms with Crippen molar-refractivity contribution < 1.29 is 4.74 Å². The Kier molecular flexibility index (Phi) is 5.09. The van der Waals surface area contributed by atoms with Crippen molar-refractivity contribution in [2.75, 3.05) is 12.5 Å². The highest BCUT2D eigenvalue weighted by molar-refractivity contribution is 5.81. The molecule has 0 atom stereocenters. The van der Waals surface area contributed by atoms with Crippen molar-refractivity contribution >= 4 is 23.1 Å². The summed E-state index contributed by atoms with van der Waals surface area (Å²) in [5.41, 5.74) is 4.41. The molecule has 3 aromatic rings. The molecule has 0 saturated carbocycles. The molecule has 1 aromatic heterocycles. The summed E-state index contributed by atoms with van der Waals surface area (Å²) in [7, 11) is 1.63. The fraction of sp³-hybridized carbons (Fsp3) is 0.211. The maximum absolute atomic E-state index is 12.7. The van der Waals surface area contributed by atoms with E-state index in [0.717, 1.165) is 17.7 Å². The van der Waals surface area contributed by atoms with Crippen LogP contribution in [0.4, 0.5) is 5.95 Å². The van der Waals surface area contributed by atoms with E-state index >= 15 is 0 Å². The predicted molar refractivity (Wildman–Crippen MR) is 101 cm³/mol. The molecule has 0 aliphatic carbocycles. The molecule has 6 nitrogen and oxygen atoms in total. The second-order valence-electron chi connectivity index (χ2n) is 5.55. The third-order valence-corrected chi connectivity index (χ3v) is 3.80. The number of para-hydroxylation sites is 1. The maximum atomic E-state index is 12.7. The van der Waals surface area contributed by atoms with Crippen molar-refractivity contribution in [1.29, 1.82) is 0 Å². The molecule has 0 aliphatic heterocycles. The molecule has 6 heteroatoms.